The number of carbonyl (C=O) groups excluding carboxylic acids is 1. The lowest BCUT2D eigenvalue weighted by atomic mass is 9.85. The second kappa shape index (κ2) is 10.2. The number of allylic oxidation sites excluding steroid dienone is 1. The van der Waals surface area contributed by atoms with Gasteiger partial charge in [0.15, 0.2) is 11.5 Å². The van der Waals surface area contributed by atoms with Crippen molar-refractivity contribution in [2.24, 2.45) is 0 Å². The van der Waals surface area contributed by atoms with Crippen molar-refractivity contribution in [2.45, 2.75) is 19.3 Å². The van der Waals surface area contributed by atoms with Gasteiger partial charge in [0.25, 0.3) is 0 Å². The molecular weight excluding hydrogens is 454 g/mol. The number of hydrogen-bond acceptors (Lipinski definition) is 8. The zero-order valence-electron chi connectivity index (χ0n) is 19.7. The van der Waals surface area contributed by atoms with Crippen molar-refractivity contribution in [1.82, 2.24) is 4.90 Å². The zero-order valence-corrected chi connectivity index (χ0v) is 20.5. The van der Waals surface area contributed by atoms with Gasteiger partial charge in [-0.3, -0.25) is 9.69 Å². The van der Waals surface area contributed by atoms with Crippen LogP contribution in [0.2, 0.25) is 0 Å². The highest BCUT2D eigenvalue weighted by atomic mass is 32.2. The Hall–Kier alpha value is -3.51. The summed E-state index contributed by atoms with van der Waals surface area (Å²) in [6.45, 7) is 2.94. The molecule has 0 spiro atoms. The molecule has 1 fully saturated rings. The van der Waals surface area contributed by atoms with E-state index in [1.54, 1.807) is 38.4 Å². The molecule has 34 heavy (non-hydrogen) atoms. The number of rotatable bonds is 7. The summed E-state index contributed by atoms with van der Waals surface area (Å²) in [5, 5.41) is 10.8. The Morgan fingerprint density at radius 1 is 1.06 bits per heavy atom. The maximum absolute atomic E-state index is 13.3. The van der Waals surface area contributed by atoms with Crippen molar-refractivity contribution < 1.29 is 23.7 Å². The molecule has 178 valence electrons. The van der Waals surface area contributed by atoms with Gasteiger partial charge in [-0.1, -0.05) is 11.8 Å². The topological polar surface area (TPSA) is 84.3 Å². The van der Waals surface area contributed by atoms with Crippen LogP contribution in [0.4, 0.5) is 5.69 Å². The Balaban J connectivity index is 1.66. The van der Waals surface area contributed by atoms with Crippen LogP contribution in [0.25, 0.3) is 0 Å². The number of amides is 1. The van der Waals surface area contributed by atoms with E-state index in [4.69, 9.17) is 18.9 Å². The second-order valence-corrected chi connectivity index (χ2v) is 8.67. The van der Waals surface area contributed by atoms with E-state index in [0.717, 1.165) is 17.0 Å². The highest BCUT2D eigenvalue weighted by molar-refractivity contribution is 8.03. The molecule has 0 bridgehead atoms. The summed E-state index contributed by atoms with van der Waals surface area (Å²) in [5.74, 6) is 2.55. The Bertz CT molecular complexity index is 1140. The summed E-state index contributed by atoms with van der Waals surface area (Å²) < 4.78 is 22.0. The first-order valence-corrected chi connectivity index (χ1v) is 11.9. The number of hydrogen-bond donors (Lipinski definition) is 0. The molecule has 8 nitrogen and oxygen atoms in total. The largest absolute Gasteiger partial charge is 0.496 e. The monoisotopic (exact) mass is 481 g/mol. The molecule has 0 N–H and O–H groups in total. The number of nitriles is 1. The molecular formula is C25H27N3O5S. The zero-order chi connectivity index (χ0) is 24.2. The summed E-state index contributed by atoms with van der Waals surface area (Å²) in [6, 6.07) is 13.7. The lowest BCUT2D eigenvalue weighted by molar-refractivity contribution is -0.129. The minimum absolute atomic E-state index is 0.0426. The second-order valence-electron chi connectivity index (χ2n) is 7.74. The van der Waals surface area contributed by atoms with Gasteiger partial charge < -0.3 is 23.8 Å². The van der Waals surface area contributed by atoms with E-state index >= 15 is 0 Å². The third kappa shape index (κ3) is 4.33. The molecule has 0 aliphatic carbocycles. The van der Waals surface area contributed by atoms with E-state index in [1.165, 1.54) is 11.8 Å². The van der Waals surface area contributed by atoms with E-state index < -0.39 is 5.92 Å². The van der Waals surface area contributed by atoms with Crippen molar-refractivity contribution in [1.29, 1.82) is 5.26 Å². The first-order valence-electron chi connectivity index (χ1n) is 10.9. The molecule has 0 radical (unpaired) electrons. The van der Waals surface area contributed by atoms with E-state index in [1.807, 2.05) is 31.2 Å². The number of carbonyl (C=O) groups is 1. The molecule has 2 aliphatic rings. The van der Waals surface area contributed by atoms with Crippen LogP contribution in [0.3, 0.4) is 0 Å². The molecule has 0 saturated carbocycles. The van der Waals surface area contributed by atoms with Crippen molar-refractivity contribution in [2.75, 3.05) is 45.4 Å². The van der Waals surface area contributed by atoms with Gasteiger partial charge in [0, 0.05) is 29.7 Å². The highest BCUT2D eigenvalue weighted by Crippen LogP contribution is 2.47. The average Bonchev–Trinajstić information content (AvgIpc) is 2.88. The third-order valence-electron chi connectivity index (χ3n) is 5.92. The van der Waals surface area contributed by atoms with E-state index in [0.29, 0.717) is 47.0 Å². The van der Waals surface area contributed by atoms with Crippen molar-refractivity contribution in [3.05, 3.63) is 52.6 Å². The van der Waals surface area contributed by atoms with Gasteiger partial charge in [-0.05, 0) is 37.3 Å². The lowest BCUT2D eigenvalue weighted by Gasteiger charge is -2.42. The third-order valence-corrected chi connectivity index (χ3v) is 7.07. The smallest absolute Gasteiger partial charge is 0.229 e. The van der Waals surface area contributed by atoms with Crippen LogP contribution in [0, 0.1) is 11.3 Å². The van der Waals surface area contributed by atoms with E-state index in [9.17, 15) is 10.1 Å². The highest BCUT2D eigenvalue weighted by Gasteiger charge is 2.39. The van der Waals surface area contributed by atoms with Gasteiger partial charge >= 0.3 is 0 Å². The van der Waals surface area contributed by atoms with Crippen LogP contribution in [0.5, 0.6) is 23.0 Å². The van der Waals surface area contributed by atoms with Gasteiger partial charge in [0.2, 0.25) is 5.91 Å². The van der Waals surface area contributed by atoms with Crippen molar-refractivity contribution in [3.63, 3.8) is 0 Å². The SMILES string of the molecule is CCOc1ccc(N2CSC3=C(C#N)[C@H](c4cc(OC)c(OC)cc4OC)CC(=O)N3C2)cc1. The minimum atomic E-state index is -0.428. The predicted molar refractivity (Wildman–Crippen MR) is 130 cm³/mol. The average molecular weight is 482 g/mol. The summed E-state index contributed by atoms with van der Waals surface area (Å²) in [6.07, 6.45) is 0.163. The van der Waals surface area contributed by atoms with Gasteiger partial charge in [0.1, 0.15) is 11.5 Å². The molecule has 1 atom stereocenters. The number of anilines is 1. The number of thioether (sulfide) groups is 1. The maximum atomic E-state index is 13.3. The summed E-state index contributed by atoms with van der Waals surface area (Å²) >= 11 is 1.49. The number of fused-ring (bicyclic) bond motifs is 1. The van der Waals surface area contributed by atoms with Crippen molar-refractivity contribution >= 4 is 23.4 Å². The molecule has 1 saturated heterocycles. The molecule has 4 rings (SSSR count). The van der Waals surface area contributed by atoms with Gasteiger partial charge in [-0.2, -0.15) is 5.26 Å². The Morgan fingerprint density at radius 2 is 1.74 bits per heavy atom. The molecule has 2 aromatic carbocycles. The van der Waals surface area contributed by atoms with Crippen LogP contribution < -0.4 is 23.8 Å². The molecule has 2 aromatic rings. The fourth-order valence-corrected chi connectivity index (χ4v) is 5.40. The number of ether oxygens (including phenoxy) is 4. The van der Waals surface area contributed by atoms with E-state index in [-0.39, 0.29) is 12.3 Å². The summed E-state index contributed by atoms with van der Waals surface area (Å²) in [7, 11) is 4.67. The number of nitrogens with zero attached hydrogens (tertiary/aromatic N) is 3. The minimum Gasteiger partial charge on any atom is -0.496 e. The predicted octanol–water partition coefficient (Wildman–Crippen LogP) is 4.33. The summed E-state index contributed by atoms with van der Waals surface area (Å²) in [4.78, 5) is 17.1. The Labute approximate surface area is 203 Å². The van der Waals surface area contributed by atoms with Crippen LogP contribution in [0.15, 0.2) is 47.0 Å². The number of methoxy groups -OCH3 is 3. The van der Waals surface area contributed by atoms with Crippen LogP contribution in [0.1, 0.15) is 24.8 Å². The summed E-state index contributed by atoms with van der Waals surface area (Å²) in [5.41, 5.74) is 2.28. The normalized spacial score (nSPS) is 17.7. The number of benzene rings is 2. The van der Waals surface area contributed by atoms with Crippen molar-refractivity contribution in [3.8, 4) is 29.1 Å². The molecule has 0 aromatic heterocycles. The van der Waals surface area contributed by atoms with E-state index in [2.05, 4.69) is 11.0 Å². The quantitative estimate of drug-likeness (QED) is 0.578. The fourth-order valence-electron chi connectivity index (χ4n) is 4.24. The maximum Gasteiger partial charge on any atom is 0.229 e. The Morgan fingerprint density at radius 3 is 2.35 bits per heavy atom. The molecule has 2 heterocycles. The molecule has 2 aliphatic heterocycles. The van der Waals surface area contributed by atoms with Gasteiger partial charge in [0.05, 0.1) is 57.2 Å². The first-order chi connectivity index (χ1) is 16.5. The van der Waals surface area contributed by atoms with Gasteiger partial charge in [-0.15, -0.1) is 0 Å². The first kappa shape index (κ1) is 23.6. The fraction of sp³-hybridized carbons (Fsp3) is 0.360. The molecule has 9 heteroatoms. The van der Waals surface area contributed by atoms with Crippen LogP contribution in [-0.2, 0) is 4.79 Å². The molecule has 1 amide bonds. The van der Waals surface area contributed by atoms with Crippen LogP contribution >= 0.6 is 11.8 Å². The Kier molecular flexibility index (Phi) is 7.08. The standard InChI is InChI=1S/C25H27N3O5S/c1-5-33-17-8-6-16(7-9-17)27-14-28-24(29)11-18(20(13-26)25(28)34-15-27)19-10-22(31-3)23(32-4)12-21(19)30-2/h6-10,12,18H,5,11,14-15H2,1-4H3/t18-/m0/s1. The molecule has 0 unspecified atom stereocenters. The van der Waals surface area contributed by atoms with Crippen LogP contribution in [-0.4, -0.2) is 51.3 Å². The van der Waals surface area contributed by atoms with Gasteiger partial charge in [-0.25, -0.2) is 0 Å². The lowest BCUT2D eigenvalue weighted by Crippen LogP contribution is -2.47.